The number of fused-ring (bicyclic) bond motifs is 1. The third kappa shape index (κ3) is 1.62. The van der Waals surface area contributed by atoms with Gasteiger partial charge in [-0.1, -0.05) is 23.9 Å². The highest BCUT2D eigenvalue weighted by molar-refractivity contribution is 7.99. The average Bonchev–Trinajstić information content (AvgIpc) is 2.48. The Bertz CT molecular complexity index is 340. The standard InChI is InChI=1S/C9H9NO2S/c1-7(11)12-10-6-13-9-5-3-2-4-8(9)10/h2-5H,6H2,1H3. The molecule has 4 heteroatoms. The summed E-state index contributed by atoms with van der Waals surface area (Å²) in [5.41, 5.74) is 0.975. The number of thioether (sulfide) groups is 1. The Labute approximate surface area is 80.6 Å². The van der Waals surface area contributed by atoms with Crippen molar-refractivity contribution < 1.29 is 9.63 Å². The highest BCUT2D eigenvalue weighted by Gasteiger charge is 2.21. The van der Waals surface area contributed by atoms with E-state index in [9.17, 15) is 4.79 Å². The molecule has 1 aliphatic heterocycles. The monoisotopic (exact) mass is 195 g/mol. The van der Waals surface area contributed by atoms with Crippen LogP contribution in [0.1, 0.15) is 6.92 Å². The van der Waals surface area contributed by atoms with Gasteiger partial charge in [0.1, 0.15) is 5.88 Å². The van der Waals surface area contributed by atoms with Crippen molar-refractivity contribution in [2.45, 2.75) is 11.8 Å². The highest BCUT2D eigenvalue weighted by atomic mass is 32.2. The van der Waals surface area contributed by atoms with Gasteiger partial charge < -0.3 is 4.84 Å². The minimum atomic E-state index is -0.280. The Balaban J connectivity index is 2.23. The SMILES string of the molecule is CC(=O)ON1CSc2ccccc21. The summed E-state index contributed by atoms with van der Waals surface area (Å²) < 4.78 is 0. The van der Waals surface area contributed by atoms with Crippen LogP contribution < -0.4 is 5.06 Å². The summed E-state index contributed by atoms with van der Waals surface area (Å²) in [6, 6.07) is 7.87. The van der Waals surface area contributed by atoms with E-state index in [0.717, 1.165) is 10.6 Å². The van der Waals surface area contributed by atoms with Gasteiger partial charge in [0, 0.05) is 11.8 Å². The van der Waals surface area contributed by atoms with Crippen LogP contribution in [0.4, 0.5) is 5.69 Å². The predicted octanol–water partition coefficient (Wildman–Crippen LogP) is 2.03. The number of rotatable bonds is 1. The van der Waals surface area contributed by atoms with E-state index < -0.39 is 0 Å². The van der Waals surface area contributed by atoms with E-state index in [0.29, 0.717) is 5.88 Å². The molecule has 2 rings (SSSR count). The van der Waals surface area contributed by atoms with Crippen LogP contribution in [0.2, 0.25) is 0 Å². The molecule has 0 aromatic heterocycles. The molecule has 1 aliphatic rings. The topological polar surface area (TPSA) is 29.5 Å². The Hall–Kier alpha value is -1.16. The largest absolute Gasteiger partial charge is 0.340 e. The lowest BCUT2D eigenvalue weighted by Crippen LogP contribution is -2.22. The first-order chi connectivity index (χ1) is 6.27. The molecule has 3 nitrogen and oxygen atoms in total. The van der Waals surface area contributed by atoms with Crippen LogP contribution in [0.5, 0.6) is 0 Å². The summed E-state index contributed by atoms with van der Waals surface area (Å²) in [4.78, 5) is 16.9. The molecule has 0 spiro atoms. The minimum absolute atomic E-state index is 0.280. The average molecular weight is 195 g/mol. The maximum atomic E-state index is 10.7. The molecule has 0 N–H and O–H groups in total. The number of nitrogens with zero attached hydrogens (tertiary/aromatic N) is 1. The Morgan fingerprint density at radius 1 is 1.54 bits per heavy atom. The minimum Gasteiger partial charge on any atom is -0.340 e. The van der Waals surface area contributed by atoms with Crippen molar-refractivity contribution in [3.05, 3.63) is 24.3 Å². The van der Waals surface area contributed by atoms with Crippen molar-refractivity contribution in [1.82, 2.24) is 0 Å². The van der Waals surface area contributed by atoms with Gasteiger partial charge in [-0.15, -0.1) is 0 Å². The van der Waals surface area contributed by atoms with Gasteiger partial charge in [0.15, 0.2) is 0 Å². The molecule has 1 heterocycles. The number of carbonyl (C=O) groups is 1. The quantitative estimate of drug-likeness (QED) is 0.685. The number of hydrogen-bond donors (Lipinski definition) is 0. The first kappa shape index (κ1) is 8.44. The van der Waals surface area contributed by atoms with Crippen LogP contribution in [-0.4, -0.2) is 11.8 Å². The van der Waals surface area contributed by atoms with Gasteiger partial charge in [0.05, 0.1) is 5.69 Å². The summed E-state index contributed by atoms with van der Waals surface area (Å²) >= 11 is 1.67. The normalized spacial score (nSPS) is 14.1. The smallest absolute Gasteiger partial charge is 0.329 e. The van der Waals surface area contributed by atoms with E-state index in [4.69, 9.17) is 4.84 Å². The fraction of sp³-hybridized carbons (Fsp3) is 0.222. The van der Waals surface area contributed by atoms with E-state index in [2.05, 4.69) is 0 Å². The number of carbonyl (C=O) groups excluding carboxylic acids is 1. The lowest BCUT2D eigenvalue weighted by Gasteiger charge is -2.15. The van der Waals surface area contributed by atoms with Gasteiger partial charge in [-0.3, -0.25) is 4.79 Å². The Morgan fingerprint density at radius 2 is 2.31 bits per heavy atom. The van der Waals surface area contributed by atoms with Crippen molar-refractivity contribution in [1.29, 1.82) is 0 Å². The van der Waals surface area contributed by atoms with Crippen molar-refractivity contribution in [2.75, 3.05) is 10.9 Å². The third-order valence-electron chi connectivity index (χ3n) is 1.71. The second-order valence-electron chi connectivity index (χ2n) is 2.70. The Kier molecular flexibility index (Phi) is 2.14. The van der Waals surface area contributed by atoms with E-state index in [1.54, 1.807) is 16.8 Å². The molecule has 0 fully saturated rings. The second kappa shape index (κ2) is 3.30. The predicted molar refractivity (Wildman–Crippen MR) is 51.4 cm³/mol. The molecule has 0 radical (unpaired) electrons. The second-order valence-corrected chi connectivity index (χ2v) is 3.69. The van der Waals surface area contributed by atoms with Crippen LogP contribution in [0, 0.1) is 0 Å². The fourth-order valence-electron chi connectivity index (χ4n) is 1.21. The Morgan fingerprint density at radius 3 is 3.08 bits per heavy atom. The maximum absolute atomic E-state index is 10.7. The lowest BCUT2D eigenvalue weighted by atomic mass is 10.3. The zero-order valence-electron chi connectivity index (χ0n) is 7.19. The maximum Gasteiger partial charge on any atom is 0.329 e. The molecule has 0 atom stereocenters. The molecule has 68 valence electrons. The molecule has 0 saturated heterocycles. The van der Waals surface area contributed by atoms with Crippen molar-refractivity contribution in [2.24, 2.45) is 0 Å². The van der Waals surface area contributed by atoms with Crippen LogP contribution in [-0.2, 0) is 9.63 Å². The first-order valence-electron chi connectivity index (χ1n) is 3.95. The fourth-order valence-corrected chi connectivity index (χ4v) is 2.15. The van der Waals surface area contributed by atoms with Crippen molar-refractivity contribution in [3.8, 4) is 0 Å². The molecular weight excluding hydrogens is 186 g/mol. The molecule has 0 amide bonds. The van der Waals surface area contributed by atoms with Crippen LogP contribution in [0.15, 0.2) is 29.2 Å². The van der Waals surface area contributed by atoms with Gasteiger partial charge in [0.25, 0.3) is 0 Å². The number of para-hydroxylation sites is 1. The van der Waals surface area contributed by atoms with Crippen LogP contribution in [0.3, 0.4) is 0 Å². The van der Waals surface area contributed by atoms with Crippen LogP contribution >= 0.6 is 11.8 Å². The third-order valence-corrected chi connectivity index (χ3v) is 2.73. The summed E-state index contributed by atoms with van der Waals surface area (Å²) in [5.74, 6) is 0.399. The highest BCUT2D eigenvalue weighted by Crippen LogP contribution is 2.37. The van der Waals surface area contributed by atoms with E-state index in [-0.39, 0.29) is 5.97 Å². The van der Waals surface area contributed by atoms with Gasteiger partial charge in [-0.05, 0) is 12.1 Å². The lowest BCUT2D eigenvalue weighted by molar-refractivity contribution is -0.141. The molecule has 0 saturated carbocycles. The first-order valence-corrected chi connectivity index (χ1v) is 4.94. The van der Waals surface area contributed by atoms with Gasteiger partial charge in [-0.2, -0.15) is 5.06 Å². The number of hydrogen-bond acceptors (Lipinski definition) is 4. The van der Waals surface area contributed by atoms with E-state index in [1.165, 1.54) is 6.92 Å². The molecule has 0 aliphatic carbocycles. The van der Waals surface area contributed by atoms with Crippen molar-refractivity contribution >= 4 is 23.4 Å². The summed E-state index contributed by atoms with van der Waals surface area (Å²) in [5, 5.41) is 1.61. The molecule has 0 unspecified atom stereocenters. The van der Waals surface area contributed by atoms with E-state index in [1.807, 2.05) is 24.3 Å². The van der Waals surface area contributed by atoms with Gasteiger partial charge >= 0.3 is 5.97 Å². The summed E-state index contributed by atoms with van der Waals surface area (Å²) in [7, 11) is 0. The van der Waals surface area contributed by atoms with Crippen molar-refractivity contribution in [3.63, 3.8) is 0 Å². The number of hydroxylamine groups is 1. The number of benzene rings is 1. The molecule has 13 heavy (non-hydrogen) atoms. The van der Waals surface area contributed by atoms with E-state index >= 15 is 0 Å². The molecular formula is C9H9NO2S. The zero-order valence-corrected chi connectivity index (χ0v) is 8.00. The molecule has 1 aromatic rings. The van der Waals surface area contributed by atoms with Gasteiger partial charge in [-0.25, -0.2) is 0 Å². The zero-order chi connectivity index (χ0) is 9.26. The van der Waals surface area contributed by atoms with Crippen LogP contribution in [0.25, 0.3) is 0 Å². The molecule has 0 bridgehead atoms. The summed E-state index contributed by atoms with van der Waals surface area (Å²) in [6.07, 6.45) is 0. The molecule has 1 aromatic carbocycles. The van der Waals surface area contributed by atoms with Gasteiger partial charge in [0.2, 0.25) is 0 Å². The number of anilines is 1. The summed E-state index contributed by atoms with van der Waals surface area (Å²) in [6.45, 7) is 1.41.